The summed E-state index contributed by atoms with van der Waals surface area (Å²) >= 11 is 0. The minimum atomic E-state index is -0.651. The predicted molar refractivity (Wildman–Crippen MR) is 62.0 cm³/mol. The van der Waals surface area contributed by atoms with Crippen LogP contribution in [0.15, 0.2) is 24.3 Å². The molecule has 3 nitrogen and oxygen atoms in total. The molecule has 1 N–H and O–H groups in total. The first kappa shape index (κ1) is 12.5. The van der Waals surface area contributed by atoms with Gasteiger partial charge in [0.05, 0.1) is 18.8 Å². The second-order valence-electron chi connectivity index (χ2n) is 3.76. The van der Waals surface area contributed by atoms with Crippen LogP contribution in [0, 0.1) is 17.2 Å². The highest BCUT2D eigenvalue weighted by atomic mass is 16.5. The van der Waals surface area contributed by atoms with Crippen LogP contribution in [0.2, 0.25) is 0 Å². The molecule has 0 saturated carbocycles. The summed E-state index contributed by atoms with van der Waals surface area (Å²) in [5.74, 6) is 0.605. The van der Waals surface area contributed by atoms with Crippen molar-refractivity contribution in [3.63, 3.8) is 0 Å². The van der Waals surface area contributed by atoms with Gasteiger partial charge in [0.15, 0.2) is 0 Å². The molecule has 0 radical (unpaired) electrons. The summed E-state index contributed by atoms with van der Waals surface area (Å²) in [4.78, 5) is 0. The molecule has 86 valence electrons. The molecule has 1 aromatic carbocycles. The van der Waals surface area contributed by atoms with Crippen LogP contribution in [0.3, 0.4) is 0 Å². The molecule has 1 aromatic rings. The van der Waals surface area contributed by atoms with E-state index in [1.807, 2.05) is 38.1 Å². The van der Waals surface area contributed by atoms with Gasteiger partial charge < -0.3 is 9.84 Å². The lowest BCUT2D eigenvalue weighted by Gasteiger charge is -2.19. The molecule has 0 fully saturated rings. The number of aliphatic hydroxyl groups is 1. The van der Waals surface area contributed by atoms with Crippen molar-refractivity contribution in [2.75, 3.05) is 6.61 Å². The Morgan fingerprint density at radius 1 is 1.44 bits per heavy atom. The Labute approximate surface area is 96.3 Å². The Hall–Kier alpha value is -1.53. The molecule has 0 amide bonds. The largest absolute Gasteiger partial charge is 0.493 e. The van der Waals surface area contributed by atoms with E-state index in [9.17, 15) is 5.11 Å². The first-order valence-electron chi connectivity index (χ1n) is 5.47. The number of benzene rings is 1. The number of hydrogen-bond acceptors (Lipinski definition) is 3. The Balaban J connectivity index is 2.89. The summed E-state index contributed by atoms with van der Waals surface area (Å²) in [5.41, 5.74) is 0.757. The van der Waals surface area contributed by atoms with Crippen molar-refractivity contribution in [1.29, 1.82) is 5.26 Å². The number of aliphatic hydroxyl groups excluding tert-OH is 1. The van der Waals surface area contributed by atoms with Crippen molar-refractivity contribution in [3.8, 4) is 11.8 Å². The fourth-order valence-electron chi connectivity index (χ4n) is 1.57. The predicted octanol–water partition coefficient (Wildman–Crippen LogP) is 2.67. The van der Waals surface area contributed by atoms with Crippen LogP contribution >= 0.6 is 0 Å². The number of rotatable bonds is 5. The lowest BCUT2D eigenvalue weighted by molar-refractivity contribution is 0.116. The van der Waals surface area contributed by atoms with E-state index in [4.69, 9.17) is 10.00 Å². The van der Waals surface area contributed by atoms with Crippen LogP contribution in [-0.4, -0.2) is 11.7 Å². The van der Waals surface area contributed by atoms with Gasteiger partial charge in [-0.15, -0.1) is 0 Å². The monoisotopic (exact) mass is 219 g/mol. The molecule has 0 aliphatic rings. The van der Waals surface area contributed by atoms with Gasteiger partial charge >= 0.3 is 0 Å². The van der Waals surface area contributed by atoms with E-state index >= 15 is 0 Å². The van der Waals surface area contributed by atoms with E-state index in [-0.39, 0.29) is 5.92 Å². The van der Waals surface area contributed by atoms with Gasteiger partial charge in [0.25, 0.3) is 0 Å². The third-order valence-electron chi connectivity index (χ3n) is 2.49. The molecular weight excluding hydrogens is 202 g/mol. The minimum absolute atomic E-state index is 0.0911. The molecule has 1 rings (SSSR count). The SMILES string of the molecule is CCOc1ccccc1C(O)C(C)CC#N. The second-order valence-corrected chi connectivity index (χ2v) is 3.76. The maximum Gasteiger partial charge on any atom is 0.125 e. The molecule has 3 heteroatoms. The topological polar surface area (TPSA) is 53.2 Å². The van der Waals surface area contributed by atoms with Crippen LogP contribution in [0.1, 0.15) is 31.9 Å². The average molecular weight is 219 g/mol. The quantitative estimate of drug-likeness (QED) is 0.828. The highest BCUT2D eigenvalue weighted by Crippen LogP contribution is 2.31. The Bertz CT molecular complexity index is 370. The van der Waals surface area contributed by atoms with E-state index in [1.165, 1.54) is 0 Å². The lowest BCUT2D eigenvalue weighted by Crippen LogP contribution is -2.10. The molecule has 0 bridgehead atoms. The van der Waals surface area contributed by atoms with Gasteiger partial charge in [-0.05, 0) is 18.9 Å². The Kier molecular flexibility index (Phi) is 4.81. The van der Waals surface area contributed by atoms with Gasteiger partial charge in [-0.25, -0.2) is 0 Å². The molecule has 0 heterocycles. The highest BCUT2D eigenvalue weighted by molar-refractivity contribution is 5.35. The lowest BCUT2D eigenvalue weighted by atomic mass is 9.94. The van der Waals surface area contributed by atoms with Crippen molar-refractivity contribution in [2.24, 2.45) is 5.92 Å². The number of nitriles is 1. The fraction of sp³-hybridized carbons (Fsp3) is 0.462. The number of hydrogen-bond donors (Lipinski definition) is 1. The Morgan fingerprint density at radius 2 is 2.12 bits per heavy atom. The summed E-state index contributed by atoms with van der Waals surface area (Å²) in [6.45, 7) is 4.33. The van der Waals surface area contributed by atoms with Gasteiger partial charge in [-0.2, -0.15) is 5.26 Å². The van der Waals surface area contributed by atoms with Gasteiger partial charge in [0.1, 0.15) is 5.75 Å². The van der Waals surface area contributed by atoms with E-state index in [0.29, 0.717) is 18.8 Å². The average Bonchev–Trinajstić information content (AvgIpc) is 2.29. The van der Waals surface area contributed by atoms with Crippen molar-refractivity contribution >= 4 is 0 Å². The first-order chi connectivity index (χ1) is 7.70. The van der Waals surface area contributed by atoms with Gasteiger partial charge in [-0.3, -0.25) is 0 Å². The van der Waals surface area contributed by atoms with Crippen molar-refractivity contribution in [1.82, 2.24) is 0 Å². The maximum atomic E-state index is 10.1. The molecule has 16 heavy (non-hydrogen) atoms. The normalized spacial score (nSPS) is 13.9. The Morgan fingerprint density at radius 3 is 2.75 bits per heavy atom. The molecule has 2 unspecified atom stereocenters. The minimum Gasteiger partial charge on any atom is -0.493 e. The summed E-state index contributed by atoms with van der Waals surface area (Å²) in [7, 11) is 0. The van der Waals surface area contributed by atoms with Crippen LogP contribution in [0.5, 0.6) is 5.75 Å². The third kappa shape index (κ3) is 2.98. The van der Waals surface area contributed by atoms with E-state index in [2.05, 4.69) is 6.07 Å². The van der Waals surface area contributed by atoms with E-state index < -0.39 is 6.10 Å². The van der Waals surface area contributed by atoms with E-state index in [0.717, 1.165) is 5.56 Å². The zero-order chi connectivity index (χ0) is 12.0. The molecule has 0 aliphatic heterocycles. The zero-order valence-electron chi connectivity index (χ0n) is 9.68. The number of ether oxygens (including phenoxy) is 1. The van der Waals surface area contributed by atoms with Crippen LogP contribution in [0.25, 0.3) is 0 Å². The molecule has 0 aliphatic carbocycles. The summed E-state index contributed by atoms with van der Waals surface area (Å²) in [5, 5.41) is 18.7. The summed E-state index contributed by atoms with van der Waals surface area (Å²) in [6, 6.07) is 9.47. The summed E-state index contributed by atoms with van der Waals surface area (Å²) in [6.07, 6.45) is -0.316. The molecule has 0 aromatic heterocycles. The zero-order valence-corrected chi connectivity index (χ0v) is 9.68. The van der Waals surface area contributed by atoms with Crippen LogP contribution in [-0.2, 0) is 0 Å². The molecule has 2 atom stereocenters. The third-order valence-corrected chi connectivity index (χ3v) is 2.49. The van der Waals surface area contributed by atoms with Crippen molar-refractivity contribution in [3.05, 3.63) is 29.8 Å². The number of nitrogens with zero attached hydrogens (tertiary/aromatic N) is 1. The standard InChI is InChI=1S/C13H17NO2/c1-3-16-12-7-5-4-6-11(12)13(15)10(2)8-9-14/h4-7,10,13,15H,3,8H2,1-2H3. The van der Waals surface area contributed by atoms with Crippen molar-refractivity contribution in [2.45, 2.75) is 26.4 Å². The van der Waals surface area contributed by atoms with Gasteiger partial charge in [0.2, 0.25) is 0 Å². The van der Waals surface area contributed by atoms with Crippen LogP contribution < -0.4 is 4.74 Å². The van der Waals surface area contributed by atoms with Crippen molar-refractivity contribution < 1.29 is 9.84 Å². The fourth-order valence-corrected chi connectivity index (χ4v) is 1.57. The number of para-hydroxylation sites is 1. The smallest absolute Gasteiger partial charge is 0.125 e. The van der Waals surface area contributed by atoms with Gasteiger partial charge in [0, 0.05) is 12.0 Å². The van der Waals surface area contributed by atoms with E-state index in [1.54, 1.807) is 0 Å². The summed E-state index contributed by atoms with van der Waals surface area (Å²) < 4.78 is 5.44. The molecule has 0 spiro atoms. The second kappa shape index (κ2) is 6.14. The van der Waals surface area contributed by atoms with Crippen LogP contribution in [0.4, 0.5) is 0 Å². The highest BCUT2D eigenvalue weighted by Gasteiger charge is 2.19. The van der Waals surface area contributed by atoms with Gasteiger partial charge in [-0.1, -0.05) is 25.1 Å². The molecular formula is C13H17NO2. The maximum absolute atomic E-state index is 10.1. The first-order valence-corrected chi connectivity index (χ1v) is 5.47. The molecule has 0 saturated heterocycles.